The van der Waals surface area contributed by atoms with Gasteiger partial charge in [0.2, 0.25) is 0 Å². The van der Waals surface area contributed by atoms with Crippen molar-refractivity contribution in [2.24, 2.45) is 11.8 Å². The number of ketones is 1. The number of Topliss-reactive ketones (excluding diaryl/α,β-unsaturated/α-hetero) is 1. The molecule has 2 aliphatic rings. The molecule has 0 radical (unpaired) electrons. The van der Waals surface area contributed by atoms with Gasteiger partial charge < -0.3 is 10.2 Å². The van der Waals surface area contributed by atoms with Gasteiger partial charge in [-0.2, -0.15) is 0 Å². The van der Waals surface area contributed by atoms with E-state index in [9.17, 15) is 14.7 Å². The Morgan fingerprint density at radius 3 is 2.77 bits per heavy atom. The minimum Gasteiger partial charge on any atom is -0.481 e. The van der Waals surface area contributed by atoms with Crippen LogP contribution in [-0.4, -0.2) is 28.1 Å². The van der Waals surface area contributed by atoms with E-state index in [4.69, 9.17) is 5.11 Å². The summed E-state index contributed by atoms with van der Waals surface area (Å²) in [5, 5.41) is 19.0. The molecule has 4 nitrogen and oxygen atoms in total. The Morgan fingerprint density at radius 1 is 1.35 bits per heavy atom. The zero-order valence-electron chi connectivity index (χ0n) is 14.8. The Hall–Kier alpha value is -1.64. The highest BCUT2D eigenvalue weighted by molar-refractivity contribution is 9.12. The van der Waals surface area contributed by atoms with E-state index in [0.717, 1.165) is 12.8 Å². The summed E-state index contributed by atoms with van der Waals surface area (Å²) in [6.07, 6.45) is 13.4. The van der Waals surface area contributed by atoms with Crippen molar-refractivity contribution in [3.05, 3.63) is 34.4 Å². The first-order valence-electron chi connectivity index (χ1n) is 9.17. The van der Waals surface area contributed by atoms with Gasteiger partial charge in [-0.1, -0.05) is 49.3 Å². The lowest BCUT2D eigenvalue weighted by Crippen LogP contribution is -2.20. The predicted octanol–water partition coefficient (Wildman–Crippen LogP) is 4.15. The van der Waals surface area contributed by atoms with E-state index < -0.39 is 12.1 Å². The van der Waals surface area contributed by atoms with Crippen LogP contribution in [0.15, 0.2) is 34.4 Å². The molecule has 26 heavy (non-hydrogen) atoms. The smallest absolute Gasteiger partial charge is 0.303 e. The summed E-state index contributed by atoms with van der Waals surface area (Å²) in [4.78, 5) is 22.7. The fourth-order valence-electron chi connectivity index (χ4n) is 3.33. The molecule has 2 rings (SSSR count). The molecule has 0 saturated heterocycles. The van der Waals surface area contributed by atoms with Crippen LogP contribution in [0.3, 0.4) is 0 Å². The summed E-state index contributed by atoms with van der Waals surface area (Å²) < 4.78 is 0.512. The number of rotatable bonds is 6. The van der Waals surface area contributed by atoms with Crippen LogP contribution >= 0.6 is 15.9 Å². The molecule has 0 spiro atoms. The molecule has 0 aromatic carbocycles. The van der Waals surface area contributed by atoms with Crippen LogP contribution in [-0.2, 0) is 9.59 Å². The molecule has 2 N–H and O–H groups in total. The summed E-state index contributed by atoms with van der Waals surface area (Å²) in [5.41, 5.74) is 0.578. The highest BCUT2D eigenvalue weighted by atomic mass is 79.9. The third-order valence-electron chi connectivity index (χ3n) is 4.83. The Kier molecular flexibility index (Phi) is 8.34. The number of carbonyl (C=O) groups is 2. The van der Waals surface area contributed by atoms with Crippen molar-refractivity contribution < 1.29 is 19.8 Å². The van der Waals surface area contributed by atoms with Gasteiger partial charge in [0.1, 0.15) is 0 Å². The number of hydrogen-bond acceptors (Lipinski definition) is 3. The zero-order valence-corrected chi connectivity index (χ0v) is 16.4. The maximum atomic E-state index is 12.2. The van der Waals surface area contributed by atoms with Gasteiger partial charge in [0.15, 0.2) is 5.78 Å². The fourth-order valence-corrected chi connectivity index (χ4v) is 3.84. The quantitative estimate of drug-likeness (QED) is 0.293. The average molecular weight is 421 g/mol. The molecule has 0 aliphatic heterocycles. The van der Waals surface area contributed by atoms with Crippen LogP contribution in [0.1, 0.15) is 51.4 Å². The maximum Gasteiger partial charge on any atom is 0.303 e. The van der Waals surface area contributed by atoms with E-state index in [0.29, 0.717) is 28.8 Å². The first-order chi connectivity index (χ1) is 12.5. The number of halogens is 1. The molecule has 2 aliphatic carbocycles. The zero-order chi connectivity index (χ0) is 18.9. The van der Waals surface area contributed by atoms with E-state index in [1.54, 1.807) is 6.08 Å². The summed E-state index contributed by atoms with van der Waals surface area (Å²) in [6.45, 7) is 0. The molecule has 140 valence electrons. The molecule has 2 unspecified atom stereocenters. The number of allylic oxidation sites excluding steroid dienone is 5. The molecule has 0 aromatic rings. The van der Waals surface area contributed by atoms with Crippen molar-refractivity contribution in [1.29, 1.82) is 0 Å². The highest BCUT2D eigenvalue weighted by Crippen LogP contribution is 2.32. The summed E-state index contributed by atoms with van der Waals surface area (Å²) >= 11 is 3.28. The lowest BCUT2D eigenvalue weighted by molar-refractivity contribution is -0.137. The van der Waals surface area contributed by atoms with Crippen molar-refractivity contribution in [1.82, 2.24) is 0 Å². The van der Waals surface area contributed by atoms with E-state index in [2.05, 4.69) is 27.8 Å². The van der Waals surface area contributed by atoms with E-state index in [-0.39, 0.29) is 18.1 Å². The number of aliphatic carboxylic acids is 1. The van der Waals surface area contributed by atoms with Crippen LogP contribution in [0.4, 0.5) is 0 Å². The third-order valence-corrected chi connectivity index (χ3v) is 5.46. The van der Waals surface area contributed by atoms with E-state index >= 15 is 0 Å². The Morgan fingerprint density at radius 2 is 2.08 bits per heavy atom. The van der Waals surface area contributed by atoms with Crippen molar-refractivity contribution >= 4 is 27.7 Å². The fraction of sp³-hybridized carbons (Fsp3) is 0.524. The van der Waals surface area contributed by atoms with E-state index in [1.165, 1.54) is 19.3 Å². The summed E-state index contributed by atoms with van der Waals surface area (Å²) in [6, 6.07) is 0. The molecule has 0 amide bonds. The molecule has 1 fully saturated rings. The van der Waals surface area contributed by atoms with Crippen LogP contribution in [0.25, 0.3) is 0 Å². The molecule has 0 bridgehead atoms. The molecule has 0 heterocycles. The predicted molar refractivity (Wildman–Crippen MR) is 105 cm³/mol. The summed E-state index contributed by atoms with van der Waals surface area (Å²) in [5.74, 6) is 4.94. The van der Waals surface area contributed by atoms with E-state index in [1.807, 2.05) is 18.2 Å². The second-order valence-electron chi connectivity index (χ2n) is 6.81. The number of carboxylic acid groups (broad SMARTS) is 1. The maximum absolute atomic E-state index is 12.2. The van der Waals surface area contributed by atoms with Gasteiger partial charge in [-0.05, 0) is 47.2 Å². The Bertz CT molecular complexity index is 672. The number of carboxylic acids is 1. The number of aliphatic hydroxyl groups is 1. The van der Waals surface area contributed by atoms with Crippen LogP contribution in [0, 0.1) is 23.7 Å². The highest BCUT2D eigenvalue weighted by Gasteiger charge is 2.27. The first-order valence-corrected chi connectivity index (χ1v) is 9.97. The van der Waals surface area contributed by atoms with Gasteiger partial charge in [0, 0.05) is 24.3 Å². The van der Waals surface area contributed by atoms with Crippen molar-refractivity contribution in [2.45, 2.75) is 57.5 Å². The Balaban J connectivity index is 1.97. The Labute approximate surface area is 163 Å². The molecular weight excluding hydrogens is 396 g/mol. The molecule has 2 atom stereocenters. The van der Waals surface area contributed by atoms with Gasteiger partial charge in [0.25, 0.3) is 0 Å². The van der Waals surface area contributed by atoms with Crippen LogP contribution < -0.4 is 0 Å². The molecular formula is C21H25BrO4. The van der Waals surface area contributed by atoms with Crippen molar-refractivity contribution in [3.8, 4) is 11.8 Å². The number of aliphatic hydroxyl groups excluding tert-OH is 1. The van der Waals surface area contributed by atoms with Crippen LogP contribution in [0.5, 0.6) is 0 Å². The normalized spacial score (nSPS) is 23.8. The molecule has 1 saturated carbocycles. The first kappa shape index (κ1) is 20.7. The van der Waals surface area contributed by atoms with Crippen molar-refractivity contribution in [2.75, 3.05) is 0 Å². The average Bonchev–Trinajstić information content (AvgIpc) is 2.90. The minimum atomic E-state index is -0.828. The lowest BCUT2D eigenvalue weighted by Gasteiger charge is -2.24. The monoisotopic (exact) mass is 420 g/mol. The van der Waals surface area contributed by atoms with Gasteiger partial charge in [-0.3, -0.25) is 9.59 Å². The molecule has 0 aromatic heterocycles. The second kappa shape index (κ2) is 10.5. The summed E-state index contributed by atoms with van der Waals surface area (Å²) in [7, 11) is 0. The number of unbranched alkanes of at least 4 members (excludes halogenated alkanes) is 1. The number of hydrogen-bond donors (Lipinski definition) is 2. The van der Waals surface area contributed by atoms with Gasteiger partial charge in [-0.25, -0.2) is 0 Å². The van der Waals surface area contributed by atoms with Crippen molar-refractivity contribution in [3.63, 3.8) is 0 Å². The second-order valence-corrected chi connectivity index (χ2v) is 7.67. The molecule has 5 heteroatoms. The van der Waals surface area contributed by atoms with Crippen LogP contribution in [0.2, 0.25) is 0 Å². The number of carbonyl (C=O) groups excluding carboxylic acids is 1. The largest absolute Gasteiger partial charge is 0.481 e. The van der Waals surface area contributed by atoms with Gasteiger partial charge >= 0.3 is 5.97 Å². The van der Waals surface area contributed by atoms with Gasteiger partial charge in [-0.15, -0.1) is 0 Å². The standard InChI is InChI=1S/C21H25BrO4/c22-18-14-16(12-13-19(23)15-8-4-3-5-9-15)17(21(18)26)10-6-1-2-7-11-20(24)25/h10,12-16,19,23H,2-5,7-9,11H2,(H,24,25)/b13-12+,17-10-. The van der Waals surface area contributed by atoms with Gasteiger partial charge in [0.05, 0.1) is 10.6 Å². The SMILES string of the molecule is O=C(O)CCCC#C/C=C1\C(=O)C(Br)=CC1/C=C/C(O)C1CCCCC1. The minimum absolute atomic E-state index is 0.0911. The lowest BCUT2D eigenvalue weighted by atomic mass is 9.85. The third kappa shape index (κ3) is 6.26. The topological polar surface area (TPSA) is 74.6 Å².